The molecule has 114 valence electrons. The Kier molecular flexibility index (Phi) is 4.73. The van der Waals surface area contributed by atoms with Crippen molar-refractivity contribution in [3.05, 3.63) is 28.8 Å². The monoisotopic (exact) mass is 310 g/mol. The predicted octanol–water partition coefficient (Wildman–Crippen LogP) is 3.83. The Morgan fingerprint density at radius 3 is 2.76 bits per heavy atom. The van der Waals surface area contributed by atoms with Crippen molar-refractivity contribution >= 4 is 29.3 Å². The molecule has 2 atom stereocenters. The average molecular weight is 311 g/mol. The number of hydrogen-bond acceptors (Lipinski definition) is 2. The fraction of sp³-hybridized carbons (Fsp3) is 0.467. The molecule has 0 aliphatic carbocycles. The Balaban J connectivity index is 2.16. The molecule has 6 heteroatoms. The number of urea groups is 1. The predicted molar refractivity (Wildman–Crippen MR) is 82.0 cm³/mol. The van der Waals surface area contributed by atoms with Gasteiger partial charge in [-0.2, -0.15) is 0 Å². The van der Waals surface area contributed by atoms with Gasteiger partial charge in [-0.1, -0.05) is 18.5 Å². The summed E-state index contributed by atoms with van der Waals surface area (Å²) in [4.78, 5) is 25.3. The molecular formula is C15H19ClN2O3. The molecule has 1 saturated heterocycles. The number of carboxylic acids is 1. The van der Waals surface area contributed by atoms with Crippen LogP contribution in [0.5, 0.6) is 0 Å². The molecular weight excluding hydrogens is 292 g/mol. The molecule has 2 unspecified atom stereocenters. The molecule has 1 aromatic carbocycles. The molecule has 0 aromatic heterocycles. The zero-order valence-electron chi connectivity index (χ0n) is 12.1. The van der Waals surface area contributed by atoms with Gasteiger partial charge in [0.05, 0.1) is 10.6 Å². The normalized spacial score (nSPS) is 21.4. The third-order valence-electron chi connectivity index (χ3n) is 3.94. The molecule has 1 fully saturated rings. The number of carbonyl (C=O) groups excluding carboxylic acids is 1. The molecule has 1 aliphatic rings. The van der Waals surface area contributed by atoms with E-state index in [2.05, 4.69) is 12.2 Å². The number of benzene rings is 1. The van der Waals surface area contributed by atoms with Crippen molar-refractivity contribution in [3.8, 4) is 0 Å². The highest BCUT2D eigenvalue weighted by Crippen LogP contribution is 2.27. The maximum absolute atomic E-state index is 12.4. The molecule has 21 heavy (non-hydrogen) atoms. The van der Waals surface area contributed by atoms with E-state index in [0.29, 0.717) is 5.69 Å². The maximum atomic E-state index is 12.4. The minimum absolute atomic E-state index is 0.0176. The van der Waals surface area contributed by atoms with Crippen LogP contribution in [0.2, 0.25) is 5.02 Å². The second-order valence-corrected chi connectivity index (χ2v) is 5.73. The van der Waals surface area contributed by atoms with Gasteiger partial charge in [-0.05, 0) is 44.4 Å². The molecule has 1 aliphatic heterocycles. The number of likely N-dealkylation sites (tertiary alicyclic amines) is 1. The van der Waals surface area contributed by atoms with Gasteiger partial charge in [-0.3, -0.25) is 0 Å². The van der Waals surface area contributed by atoms with Gasteiger partial charge in [0, 0.05) is 17.8 Å². The zero-order valence-corrected chi connectivity index (χ0v) is 12.9. The van der Waals surface area contributed by atoms with Gasteiger partial charge in [0.2, 0.25) is 0 Å². The van der Waals surface area contributed by atoms with E-state index in [4.69, 9.17) is 16.7 Å². The molecule has 2 rings (SSSR count). The lowest BCUT2D eigenvalue weighted by molar-refractivity contribution is 0.0697. The van der Waals surface area contributed by atoms with Gasteiger partial charge in [-0.15, -0.1) is 0 Å². The van der Waals surface area contributed by atoms with Gasteiger partial charge in [0.15, 0.2) is 0 Å². The number of halogens is 1. The third kappa shape index (κ3) is 3.29. The van der Waals surface area contributed by atoms with E-state index in [1.165, 1.54) is 12.1 Å². The van der Waals surface area contributed by atoms with Gasteiger partial charge in [0.25, 0.3) is 0 Å². The van der Waals surface area contributed by atoms with Gasteiger partial charge < -0.3 is 15.3 Å². The number of nitrogens with one attached hydrogen (secondary N) is 1. The maximum Gasteiger partial charge on any atom is 0.337 e. The first-order valence-corrected chi connectivity index (χ1v) is 7.44. The van der Waals surface area contributed by atoms with Gasteiger partial charge in [0.1, 0.15) is 0 Å². The molecule has 0 spiro atoms. The van der Waals surface area contributed by atoms with Crippen LogP contribution < -0.4 is 5.32 Å². The summed E-state index contributed by atoms with van der Waals surface area (Å²) in [6.07, 6.45) is 2.91. The molecule has 0 radical (unpaired) electrons. The fourth-order valence-corrected chi connectivity index (χ4v) is 2.99. The van der Waals surface area contributed by atoms with Crippen LogP contribution in [0.4, 0.5) is 10.5 Å². The van der Waals surface area contributed by atoms with Crippen LogP contribution in [0.1, 0.15) is 43.5 Å². The zero-order chi connectivity index (χ0) is 15.6. The highest BCUT2D eigenvalue weighted by atomic mass is 35.5. The number of rotatable bonds is 3. The topological polar surface area (TPSA) is 69.6 Å². The van der Waals surface area contributed by atoms with E-state index < -0.39 is 5.97 Å². The van der Waals surface area contributed by atoms with Crippen LogP contribution in [0.15, 0.2) is 18.2 Å². The Bertz CT molecular complexity index is 562. The van der Waals surface area contributed by atoms with E-state index in [-0.39, 0.29) is 28.7 Å². The number of carbonyl (C=O) groups is 2. The minimum Gasteiger partial charge on any atom is -0.478 e. The molecule has 1 heterocycles. The lowest BCUT2D eigenvalue weighted by Crippen LogP contribution is -2.42. The summed E-state index contributed by atoms with van der Waals surface area (Å²) in [6.45, 7) is 4.09. The van der Waals surface area contributed by atoms with Crippen molar-refractivity contribution < 1.29 is 14.7 Å². The largest absolute Gasteiger partial charge is 0.478 e. The third-order valence-corrected chi connectivity index (χ3v) is 4.27. The Labute approximate surface area is 128 Å². The summed E-state index contributed by atoms with van der Waals surface area (Å²) in [5.41, 5.74) is 0.423. The number of carboxylic acid groups (broad SMARTS) is 1. The lowest BCUT2D eigenvalue weighted by atomic mass is 10.1. The summed E-state index contributed by atoms with van der Waals surface area (Å²) in [5.74, 6) is -1.11. The first-order chi connectivity index (χ1) is 9.93. The van der Waals surface area contributed by atoms with Crippen LogP contribution in [-0.4, -0.2) is 34.1 Å². The highest BCUT2D eigenvalue weighted by Gasteiger charge is 2.33. The molecule has 2 amide bonds. The molecule has 1 aromatic rings. The molecule has 0 bridgehead atoms. The van der Waals surface area contributed by atoms with Crippen molar-refractivity contribution in [2.45, 2.75) is 45.2 Å². The van der Waals surface area contributed by atoms with E-state index in [1.807, 2.05) is 11.8 Å². The Morgan fingerprint density at radius 2 is 2.14 bits per heavy atom. The van der Waals surface area contributed by atoms with Crippen molar-refractivity contribution in [3.63, 3.8) is 0 Å². The Morgan fingerprint density at radius 1 is 1.43 bits per heavy atom. The minimum atomic E-state index is -1.11. The first kappa shape index (κ1) is 15.6. The first-order valence-electron chi connectivity index (χ1n) is 7.06. The number of amides is 2. The molecule has 0 saturated carbocycles. The summed E-state index contributed by atoms with van der Waals surface area (Å²) < 4.78 is 0. The van der Waals surface area contributed by atoms with Crippen LogP contribution in [0.3, 0.4) is 0 Å². The van der Waals surface area contributed by atoms with Crippen molar-refractivity contribution in [2.24, 2.45) is 0 Å². The molecule has 2 N–H and O–H groups in total. The van der Waals surface area contributed by atoms with Gasteiger partial charge >= 0.3 is 12.0 Å². The molecule has 5 nitrogen and oxygen atoms in total. The van der Waals surface area contributed by atoms with Gasteiger partial charge in [-0.25, -0.2) is 9.59 Å². The summed E-state index contributed by atoms with van der Waals surface area (Å²) in [7, 11) is 0. The lowest BCUT2D eigenvalue weighted by Gasteiger charge is -2.28. The standard InChI is InChI=1S/C15H19ClN2O3/c1-3-11-6-4-9(2)18(11)15(21)17-10-5-7-13(16)12(8-10)14(19)20/h5,7-9,11H,3-4,6H2,1-2H3,(H,17,21)(H,19,20). The smallest absolute Gasteiger partial charge is 0.337 e. The Hall–Kier alpha value is -1.75. The highest BCUT2D eigenvalue weighted by molar-refractivity contribution is 6.33. The van der Waals surface area contributed by atoms with Crippen LogP contribution in [0.25, 0.3) is 0 Å². The fourth-order valence-electron chi connectivity index (χ4n) is 2.79. The summed E-state index contributed by atoms with van der Waals surface area (Å²) in [6, 6.07) is 4.71. The van der Waals surface area contributed by atoms with E-state index in [1.54, 1.807) is 6.07 Å². The summed E-state index contributed by atoms with van der Waals surface area (Å²) >= 11 is 5.82. The second-order valence-electron chi connectivity index (χ2n) is 5.33. The number of hydrogen-bond donors (Lipinski definition) is 2. The van der Waals surface area contributed by atoms with Crippen molar-refractivity contribution in [1.29, 1.82) is 0 Å². The average Bonchev–Trinajstić information content (AvgIpc) is 2.81. The second kappa shape index (κ2) is 6.35. The number of nitrogens with zero attached hydrogens (tertiary/aromatic N) is 1. The quantitative estimate of drug-likeness (QED) is 0.891. The number of aromatic carboxylic acids is 1. The SMILES string of the molecule is CCC1CCC(C)N1C(=O)Nc1ccc(Cl)c(C(=O)O)c1. The van der Waals surface area contributed by atoms with E-state index >= 15 is 0 Å². The summed E-state index contributed by atoms with van der Waals surface area (Å²) in [5, 5.41) is 12.0. The van der Waals surface area contributed by atoms with E-state index in [9.17, 15) is 9.59 Å². The van der Waals surface area contributed by atoms with Crippen LogP contribution >= 0.6 is 11.6 Å². The van der Waals surface area contributed by atoms with Crippen LogP contribution in [0, 0.1) is 0 Å². The van der Waals surface area contributed by atoms with Crippen LogP contribution in [-0.2, 0) is 0 Å². The van der Waals surface area contributed by atoms with Crippen molar-refractivity contribution in [2.75, 3.05) is 5.32 Å². The van der Waals surface area contributed by atoms with Crippen molar-refractivity contribution in [1.82, 2.24) is 4.90 Å². The number of anilines is 1. The van der Waals surface area contributed by atoms with E-state index in [0.717, 1.165) is 19.3 Å².